The smallest absolute Gasteiger partial charge is 0.323 e. The lowest BCUT2D eigenvalue weighted by atomic mass is 10.1. The lowest BCUT2D eigenvalue weighted by Crippen LogP contribution is -2.14. The highest BCUT2D eigenvalue weighted by Gasteiger charge is 2.24. The third-order valence-corrected chi connectivity index (χ3v) is 3.45. The summed E-state index contributed by atoms with van der Waals surface area (Å²) in [4.78, 5) is 22.0. The number of nitrogens with zero attached hydrogens (tertiary/aromatic N) is 1. The minimum atomic E-state index is -0.514. The van der Waals surface area contributed by atoms with Gasteiger partial charge in [-0.05, 0) is 26.2 Å². The van der Waals surface area contributed by atoms with Gasteiger partial charge in [-0.3, -0.25) is 14.9 Å². The maximum atomic E-state index is 11.2. The molecule has 0 N–H and O–H groups in total. The predicted octanol–water partition coefficient (Wildman–Crippen LogP) is 3.67. The van der Waals surface area contributed by atoms with Crippen molar-refractivity contribution in [2.24, 2.45) is 5.92 Å². The monoisotopic (exact) mass is 271 g/mol. The number of hydrogen-bond donors (Lipinski definition) is 0. The molecule has 0 aliphatic carbocycles. The number of carbonyl (C=O) groups excluding carboxylic acids is 1. The van der Waals surface area contributed by atoms with Crippen LogP contribution in [0.5, 0.6) is 5.06 Å². The number of ketones is 1. The molecule has 1 atom stereocenters. The van der Waals surface area contributed by atoms with E-state index < -0.39 is 4.92 Å². The molecule has 0 amide bonds. The van der Waals surface area contributed by atoms with E-state index in [2.05, 4.69) is 13.8 Å². The standard InChI is InChI=1S/C12H17NO4S/c1-7(2)5-8(3)17-12-10(13(15)16)6-11(18-12)9(4)14/h6-8H,5H2,1-4H3. The van der Waals surface area contributed by atoms with Crippen LogP contribution in [0.4, 0.5) is 5.69 Å². The van der Waals surface area contributed by atoms with Gasteiger partial charge in [0, 0.05) is 6.07 Å². The molecule has 1 heterocycles. The molecule has 0 saturated carbocycles. The van der Waals surface area contributed by atoms with Gasteiger partial charge in [-0.1, -0.05) is 25.2 Å². The number of rotatable bonds is 6. The molecule has 0 aliphatic rings. The highest BCUT2D eigenvalue weighted by molar-refractivity contribution is 7.16. The topological polar surface area (TPSA) is 69.4 Å². The van der Waals surface area contributed by atoms with Crippen LogP contribution in [0, 0.1) is 16.0 Å². The normalized spacial score (nSPS) is 12.5. The fourth-order valence-electron chi connectivity index (χ4n) is 1.64. The van der Waals surface area contributed by atoms with Gasteiger partial charge in [0.1, 0.15) is 0 Å². The van der Waals surface area contributed by atoms with Gasteiger partial charge in [0.2, 0.25) is 0 Å². The average Bonchev–Trinajstić information content (AvgIpc) is 2.60. The van der Waals surface area contributed by atoms with Crippen molar-refractivity contribution in [3.05, 3.63) is 21.1 Å². The molecule has 1 aromatic rings. The Morgan fingerprint density at radius 2 is 2.11 bits per heavy atom. The van der Waals surface area contributed by atoms with Crippen LogP contribution >= 0.6 is 11.3 Å². The SMILES string of the molecule is CC(=O)c1cc([N+](=O)[O-])c(OC(C)CC(C)C)s1. The van der Waals surface area contributed by atoms with Crippen molar-refractivity contribution in [1.82, 2.24) is 0 Å². The third-order valence-electron chi connectivity index (χ3n) is 2.33. The molecule has 0 spiro atoms. The van der Waals surface area contributed by atoms with E-state index in [0.29, 0.717) is 10.8 Å². The van der Waals surface area contributed by atoms with E-state index in [1.54, 1.807) is 0 Å². The maximum Gasteiger partial charge on any atom is 0.323 e. The van der Waals surface area contributed by atoms with E-state index >= 15 is 0 Å². The number of nitro groups is 1. The molecule has 0 saturated heterocycles. The summed E-state index contributed by atoms with van der Waals surface area (Å²) in [6.07, 6.45) is 0.701. The van der Waals surface area contributed by atoms with Crippen LogP contribution in [0.3, 0.4) is 0 Å². The molecule has 0 aromatic carbocycles. The van der Waals surface area contributed by atoms with Crippen molar-refractivity contribution in [3.8, 4) is 5.06 Å². The van der Waals surface area contributed by atoms with E-state index in [-0.39, 0.29) is 22.6 Å². The number of ether oxygens (including phenoxy) is 1. The largest absolute Gasteiger partial charge is 0.476 e. The predicted molar refractivity (Wildman–Crippen MR) is 70.5 cm³/mol. The van der Waals surface area contributed by atoms with Gasteiger partial charge in [0.25, 0.3) is 5.06 Å². The van der Waals surface area contributed by atoms with Gasteiger partial charge < -0.3 is 4.74 Å². The maximum absolute atomic E-state index is 11.2. The Morgan fingerprint density at radius 1 is 1.50 bits per heavy atom. The van der Waals surface area contributed by atoms with Crippen molar-refractivity contribution in [2.75, 3.05) is 0 Å². The van der Waals surface area contributed by atoms with Gasteiger partial charge in [0.15, 0.2) is 5.78 Å². The van der Waals surface area contributed by atoms with Crippen molar-refractivity contribution < 1.29 is 14.5 Å². The Hall–Kier alpha value is -1.43. The Labute approximate surface area is 110 Å². The Morgan fingerprint density at radius 3 is 2.56 bits per heavy atom. The van der Waals surface area contributed by atoms with Gasteiger partial charge >= 0.3 is 5.69 Å². The van der Waals surface area contributed by atoms with Crippen LogP contribution in [-0.4, -0.2) is 16.8 Å². The van der Waals surface area contributed by atoms with E-state index in [4.69, 9.17) is 4.74 Å². The third kappa shape index (κ3) is 3.80. The van der Waals surface area contributed by atoms with Crippen LogP contribution in [0.25, 0.3) is 0 Å². The first-order valence-electron chi connectivity index (χ1n) is 5.77. The van der Waals surface area contributed by atoms with Crippen LogP contribution in [0.2, 0.25) is 0 Å². The molecule has 1 rings (SSSR count). The highest BCUT2D eigenvalue weighted by Crippen LogP contribution is 2.38. The molecule has 0 radical (unpaired) electrons. The first-order chi connectivity index (χ1) is 8.31. The quantitative estimate of drug-likeness (QED) is 0.449. The van der Waals surface area contributed by atoms with Gasteiger partial charge in [-0.25, -0.2) is 0 Å². The molecule has 18 heavy (non-hydrogen) atoms. The molecular formula is C12H17NO4S. The van der Waals surface area contributed by atoms with Crippen molar-refractivity contribution in [2.45, 2.75) is 40.2 Å². The summed E-state index contributed by atoms with van der Waals surface area (Å²) in [5, 5.41) is 11.1. The molecule has 1 aromatic heterocycles. The number of carbonyl (C=O) groups is 1. The molecule has 0 fully saturated rings. The summed E-state index contributed by atoms with van der Waals surface area (Å²) >= 11 is 1.04. The summed E-state index contributed by atoms with van der Waals surface area (Å²) in [5.74, 6) is 0.265. The van der Waals surface area contributed by atoms with Crippen molar-refractivity contribution in [1.29, 1.82) is 0 Å². The second-order valence-electron chi connectivity index (χ2n) is 4.65. The number of thiophene rings is 1. The first kappa shape index (κ1) is 14.6. The van der Waals surface area contributed by atoms with E-state index in [1.807, 2.05) is 6.92 Å². The number of Topliss-reactive ketones (excluding diaryl/α,β-unsaturated/α-hetero) is 1. The second kappa shape index (κ2) is 5.95. The molecular weight excluding hydrogens is 254 g/mol. The zero-order valence-electron chi connectivity index (χ0n) is 10.9. The zero-order valence-corrected chi connectivity index (χ0v) is 11.7. The van der Waals surface area contributed by atoms with Crippen LogP contribution < -0.4 is 4.74 Å². The summed E-state index contributed by atoms with van der Waals surface area (Å²) in [6, 6.07) is 1.28. The Balaban J connectivity index is 2.93. The number of hydrogen-bond acceptors (Lipinski definition) is 5. The van der Waals surface area contributed by atoms with E-state index in [1.165, 1.54) is 13.0 Å². The molecule has 0 bridgehead atoms. The summed E-state index contributed by atoms with van der Waals surface area (Å²) in [7, 11) is 0. The minimum absolute atomic E-state index is 0.109. The molecule has 100 valence electrons. The molecule has 5 nitrogen and oxygen atoms in total. The minimum Gasteiger partial charge on any atom is -0.476 e. The summed E-state index contributed by atoms with van der Waals surface area (Å²) < 4.78 is 5.57. The average molecular weight is 271 g/mol. The Bertz CT molecular complexity index is 453. The van der Waals surface area contributed by atoms with Crippen LogP contribution in [0.1, 0.15) is 43.8 Å². The van der Waals surface area contributed by atoms with E-state index in [9.17, 15) is 14.9 Å². The van der Waals surface area contributed by atoms with Gasteiger partial charge in [0.05, 0.1) is 15.9 Å². The second-order valence-corrected chi connectivity index (χ2v) is 5.67. The molecule has 0 aliphatic heterocycles. The highest BCUT2D eigenvalue weighted by atomic mass is 32.1. The van der Waals surface area contributed by atoms with Crippen LogP contribution in [-0.2, 0) is 0 Å². The lowest BCUT2D eigenvalue weighted by Gasteiger charge is -2.14. The Kier molecular flexibility index (Phi) is 4.84. The summed E-state index contributed by atoms with van der Waals surface area (Å²) in [5.41, 5.74) is -0.124. The van der Waals surface area contributed by atoms with Crippen LogP contribution in [0.15, 0.2) is 6.07 Å². The first-order valence-corrected chi connectivity index (χ1v) is 6.58. The van der Waals surface area contributed by atoms with Gasteiger partial charge in [-0.2, -0.15) is 0 Å². The summed E-state index contributed by atoms with van der Waals surface area (Å²) in [6.45, 7) is 7.38. The lowest BCUT2D eigenvalue weighted by molar-refractivity contribution is -0.385. The van der Waals surface area contributed by atoms with Gasteiger partial charge in [-0.15, -0.1) is 0 Å². The van der Waals surface area contributed by atoms with Crippen molar-refractivity contribution >= 4 is 22.8 Å². The molecule has 1 unspecified atom stereocenters. The fraction of sp³-hybridized carbons (Fsp3) is 0.583. The van der Waals surface area contributed by atoms with E-state index in [0.717, 1.165) is 17.8 Å². The molecule has 6 heteroatoms. The van der Waals surface area contributed by atoms with Crippen molar-refractivity contribution in [3.63, 3.8) is 0 Å². The fourth-order valence-corrected chi connectivity index (χ4v) is 2.61. The zero-order chi connectivity index (χ0) is 13.9.